The van der Waals surface area contributed by atoms with Gasteiger partial charge in [0.05, 0.1) is 0 Å². The molecule has 0 nitrogen and oxygen atoms in total. The van der Waals surface area contributed by atoms with Crippen LogP contribution in [0.15, 0.2) is 91.0 Å². The Morgan fingerprint density at radius 1 is 0.720 bits per heavy atom. The fraction of sp³-hybridized carbons (Fsp3) is 0.120. The van der Waals surface area contributed by atoms with Gasteiger partial charge in [-0.2, -0.15) is 0 Å². The van der Waals surface area contributed by atoms with Crippen molar-refractivity contribution in [3.63, 3.8) is 0 Å². The highest BCUT2D eigenvalue weighted by Crippen LogP contribution is 2.35. The third-order valence-electron chi connectivity index (χ3n) is 5.00. The summed E-state index contributed by atoms with van der Waals surface area (Å²) in [6, 6.07) is 28.7. The topological polar surface area (TPSA) is 0 Å². The number of hydrogen-bond donors (Lipinski definition) is 0. The first-order valence-corrected chi connectivity index (χ1v) is 8.91. The van der Waals surface area contributed by atoms with Gasteiger partial charge in [0.15, 0.2) is 0 Å². The Kier molecular flexibility index (Phi) is 4.11. The van der Waals surface area contributed by atoms with Gasteiger partial charge in [0.2, 0.25) is 0 Å². The van der Waals surface area contributed by atoms with Gasteiger partial charge in [0.1, 0.15) is 0 Å². The van der Waals surface area contributed by atoms with E-state index in [0.717, 1.165) is 0 Å². The van der Waals surface area contributed by atoms with Gasteiger partial charge in [-0.3, -0.25) is 0 Å². The van der Waals surface area contributed by atoms with E-state index in [1.165, 1.54) is 38.2 Å². The van der Waals surface area contributed by atoms with E-state index in [2.05, 4.69) is 105 Å². The predicted molar refractivity (Wildman–Crippen MR) is 110 cm³/mol. The summed E-state index contributed by atoms with van der Waals surface area (Å²) in [5.41, 5.74) is 3.94. The molecule has 25 heavy (non-hydrogen) atoms. The Hall–Kier alpha value is -2.86. The van der Waals surface area contributed by atoms with Crippen LogP contribution in [0.5, 0.6) is 0 Å². The smallest absolute Gasteiger partial charge is 0.00105 e. The Bertz CT molecular complexity index is 1050. The van der Waals surface area contributed by atoms with E-state index in [-0.39, 0.29) is 0 Å². The molecule has 1 atom stereocenters. The molecule has 122 valence electrons. The molecule has 0 N–H and O–H groups in total. The Morgan fingerprint density at radius 3 is 2.08 bits per heavy atom. The predicted octanol–water partition coefficient (Wildman–Crippen LogP) is 7.34. The lowest BCUT2D eigenvalue weighted by Gasteiger charge is -2.12. The molecule has 0 saturated carbocycles. The highest BCUT2D eigenvalue weighted by atomic mass is 14.1. The zero-order chi connectivity index (χ0) is 17.2. The Morgan fingerprint density at radius 2 is 1.36 bits per heavy atom. The fourth-order valence-corrected chi connectivity index (χ4v) is 3.66. The highest BCUT2D eigenvalue weighted by molar-refractivity contribution is 6.13. The summed E-state index contributed by atoms with van der Waals surface area (Å²) in [6.07, 6.45) is 4.36. The maximum Gasteiger partial charge on any atom is -0.00105 e. The molecule has 0 spiro atoms. The standard InChI is InChI=1S/C25H22/c1-3-8-18(2)19-13-15-20(16-14-19)25-17-21-9-4-5-10-22(21)23-11-6-7-12-24(23)25/h3-18H,1-2H3. The van der Waals surface area contributed by atoms with E-state index in [1.54, 1.807) is 0 Å². The lowest BCUT2D eigenvalue weighted by molar-refractivity contribution is 0.965. The van der Waals surface area contributed by atoms with Crippen LogP contribution in [0.3, 0.4) is 0 Å². The van der Waals surface area contributed by atoms with Crippen molar-refractivity contribution >= 4 is 21.5 Å². The Balaban J connectivity index is 1.91. The third-order valence-corrected chi connectivity index (χ3v) is 5.00. The minimum Gasteiger partial charge on any atom is -0.0911 e. The molecule has 0 fully saturated rings. The summed E-state index contributed by atoms with van der Waals surface area (Å²) in [7, 11) is 0. The largest absolute Gasteiger partial charge is 0.0911 e. The molecule has 0 aromatic heterocycles. The van der Waals surface area contributed by atoms with Gasteiger partial charge in [-0.05, 0) is 57.1 Å². The van der Waals surface area contributed by atoms with Gasteiger partial charge in [0, 0.05) is 0 Å². The molecule has 0 bridgehead atoms. The van der Waals surface area contributed by atoms with Crippen molar-refractivity contribution in [1.29, 1.82) is 0 Å². The van der Waals surface area contributed by atoms with Crippen LogP contribution in [0, 0.1) is 0 Å². The summed E-state index contributed by atoms with van der Waals surface area (Å²) >= 11 is 0. The molecule has 0 amide bonds. The number of hydrogen-bond acceptors (Lipinski definition) is 0. The first-order chi connectivity index (χ1) is 12.3. The number of fused-ring (bicyclic) bond motifs is 3. The summed E-state index contributed by atoms with van der Waals surface area (Å²) in [4.78, 5) is 0. The van der Waals surface area contributed by atoms with Crippen LogP contribution in [-0.4, -0.2) is 0 Å². The van der Waals surface area contributed by atoms with E-state index in [4.69, 9.17) is 0 Å². The van der Waals surface area contributed by atoms with E-state index in [9.17, 15) is 0 Å². The molecule has 0 aliphatic rings. The van der Waals surface area contributed by atoms with Gasteiger partial charge in [-0.1, -0.05) is 91.9 Å². The van der Waals surface area contributed by atoms with Gasteiger partial charge >= 0.3 is 0 Å². The van der Waals surface area contributed by atoms with Gasteiger partial charge in [-0.15, -0.1) is 0 Å². The second kappa shape index (κ2) is 6.57. The summed E-state index contributed by atoms with van der Waals surface area (Å²) in [5, 5.41) is 5.25. The third kappa shape index (κ3) is 2.85. The van der Waals surface area contributed by atoms with Gasteiger partial charge in [0.25, 0.3) is 0 Å². The van der Waals surface area contributed by atoms with E-state index < -0.39 is 0 Å². The average molecular weight is 322 g/mol. The first-order valence-electron chi connectivity index (χ1n) is 8.91. The zero-order valence-corrected chi connectivity index (χ0v) is 14.7. The molecule has 0 radical (unpaired) electrons. The minimum atomic E-state index is 0.451. The van der Waals surface area contributed by atoms with E-state index >= 15 is 0 Å². The molecule has 0 heterocycles. The molecular formula is C25H22. The molecule has 4 aromatic rings. The summed E-state index contributed by atoms with van der Waals surface area (Å²) in [6.45, 7) is 4.31. The SMILES string of the molecule is CC=CC(C)c1ccc(-c2cc3ccccc3c3ccccc23)cc1. The van der Waals surface area contributed by atoms with Crippen molar-refractivity contribution in [2.45, 2.75) is 19.8 Å². The fourth-order valence-electron chi connectivity index (χ4n) is 3.66. The van der Waals surface area contributed by atoms with Crippen molar-refractivity contribution in [2.24, 2.45) is 0 Å². The second-order valence-corrected chi connectivity index (χ2v) is 6.63. The van der Waals surface area contributed by atoms with Crippen LogP contribution in [0.4, 0.5) is 0 Å². The molecule has 0 aliphatic heterocycles. The van der Waals surface area contributed by atoms with Crippen LogP contribution >= 0.6 is 0 Å². The maximum absolute atomic E-state index is 2.32. The van der Waals surface area contributed by atoms with Crippen molar-refractivity contribution in [3.05, 3.63) is 96.6 Å². The molecule has 4 rings (SSSR count). The Labute approximate surface area is 149 Å². The molecule has 4 aromatic carbocycles. The minimum absolute atomic E-state index is 0.451. The quantitative estimate of drug-likeness (QED) is 0.273. The molecule has 0 aliphatic carbocycles. The lowest BCUT2D eigenvalue weighted by atomic mass is 9.92. The van der Waals surface area contributed by atoms with Gasteiger partial charge < -0.3 is 0 Å². The van der Waals surface area contributed by atoms with Crippen molar-refractivity contribution in [3.8, 4) is 11.1 Å². The summed E-state index contributed by atoms with van der Waals surface area (Å²) in [5.74, 6) is 0.451. The van der Waals surface area contributed by atoms with Crippen LogP contribution in [0.1, 0.15) is 25.3 Å². The van der Waals surface area contributed by atoms with Crippen molar-refractivity contribution in [2.75, 3.05) is 0 Å². The van der Waals surface area contributed by atoms with E-state index in [1.807, 2.05) is 0 Å². The zero-order valence-electron chi connectivity index (χ0n) is 14.7. The number of allylic oxidation sites excluding steroid dienone is 2. The molecular weight excluding hydrogens is 300 g/mol. The van der Waals surface area contributed by atoms with Crippen LogP contribution in [0.25, 0.3) is 32.7 Å². The normalized spacial score (nSPS) is 12.9. The first kappa shape index (κ1) is 15.7. The summed E-state index contributed by atoms with van der Waals surface area (Å²) < 4.78 is 0. The highest BCUT2D eigenvalue weighted by Gasteiger charge is 2.09. The van der Waals surface area contributed by atoms with Crippen LogP contribution in [-0.2, 0) is 0 Å². The lowest BCUT2D eigenvalue weighted by Crippen LogP contribution is -1.89. The number of benzene rings is 4. The van der Waals surface area contributed by atoms with Crippen molar-refractivity contribution < 1.29 is 0 Å². The monoisotopic (exact) mass is 322 g/mol. The van der Waals surface area contributed by atoms with E-state index in [0.29, 0.717) is 5.92 Å². The molecule has 0 saturated heterocycles. The van der Waals surface area contributed by atoms with Crippen molar-refractivity contribution in [1.82, 2.24) is 0 Å². The number of rotatable bonds is 3. The molecule has 0 heteroatoms. The molecule has 1 unspecified atom stereocenters. The maximum atomic E-state index is 2.32. The van der Waals surface area contributed by atoms with Crippen LogP contribution in [0.2, 0.25) is 0 Å². The van der Waals surface area contributed by atoms with Gasteiger partial charge in [-0.25, -0.2) is 0 Å². The average Bonchev–Trinajstić information content (AvgIpc) is 2.68. The van der Waals surface area contributed by atoms with Crippen LogP contribution < -0.4 is 0 Å². The second-order valence-electron chi connectivity index (χ2n) is 6.63.